The van der Waals surface area contributed by atoms with Crippen molar-refractivity contribution in [3.05, 3.63) is 117 Å². The minimum absolute atomic E-state index is 0.0151. The highest BCUT2D eigenvalue weighted by Crippen LogP contribution is 2.36. The number of carbonyl (C=O) groups excluding carboxylic acids is 2. The monoisotopic (exact) mass is 462 g/mol. The maximum atomic E-state index is 12.5. The molecule has 2 heterocycles. The lowest BCUT2D eigenvalue weighted by atomic mass is 9.92. The van der Waals surface area contributed by atoms with E-state index in [4.69, 9.17) is 14.2 Å². The van der Waals surface area contributed by atoms with E-state index in [0.29, 0.717) is 16.7 Å². The molecule has 1 aromatic heterocycles. The first-order valence-corrected chi connectivity index (χ1v) is 10.5. The fraction of sp³-hybridized carbons (Fsp3) is 0.200. The Bertz CT molecular complexity index is 1330. The number of nitrogens with zero attached hydrogens (tertiary/aromatic N) is 1. The molecule has 0 amide bonds. The summed E-state index contributed by atoms with van der Waals surface area (Å²) in [6.45, 7) is 1.55. The maximum absolute atomic E-state index is 12.5. The van der Waals surface area contributed by atoms with Gasteiger partial charge in [0.15, 0.2) is 0 Å². The van der Waals surface area contributed by atoms with Crippen molar-refractivity contribution in [2.24, 2.45) is 0 Å². The molecule has 2 unspecified atom stereocenters. The van der Waals surface area contributed by atoms with Crippen molar-refractivity contribution >= 4 is 11.9 Å². The van der Waals surface area contributed by atoms with E-state index in [-0.39, 0.29) is 13.2 Å². The van der Waals surface area contributed by atoms with Crippen LogP contribution in [0.2, 0.25) is 0 Å². The third kappa shape index (κ3) is 4.74. The number of H-pyrrole nitrogens is 1. The van der Waals surface area contributed by atoms with Gasteiger partial charge in [-0.3, -0.25) is 14.3 Å². The quantitative estimate of drug-likeness (QED) is 0.441. The van der Waals surface area contributed by atoms with E-state index >= 15 is 0 Å². The molecule has 3 aromatic rings. The molecule has 1 fully saturated rings. The number of ether oxygens (including phenoxy) is 3. The second-order valence-corrected chi connectivity index (χ2v) is 7.86. The van der Waals surface area contributed by atoms with E-state index in [1.807, 2.05) is 0 Å². The van der Waals surface area contributed by atoms with Crippen LogP contribution in [-0.4, -0.2) is 40.8 Å². The van der Waals surface area contributed by atoms with E-state index in [1.54, 1.807) is 67.6 Å². The van der Waals surface area contributed by atoms with Gasteiger partial charge in [-0.15, -0.1) is 0 Å². The molecule has 0 spiro atoms. The number of esters is 2. The highest BCUT2D eigenvalue weighted by atomic mass is 16.6. The third-order valence-electron chi connectivity index (χ3n) is 5.57. The first-order valence-electron chi connectivity index (χ1n) is 10.5. The second-order valence-electron chi connectivity index (χ2n) is 7.86. The predicted octanol–water partition coefficient (Wildman–Crippen LogP) is 2.25. The molecule has 34 heavy (non-hydrogen) atoms. The molecule has 1 N–H and O–H groups in total. The Morgan fingerprint density at radius 3 is 2.26 bits per heavy atom. The number of aromatic amines is 1. The summed E-state index contributed by atoms with van der Waals surface area (Å²) in [5, 5.41) is 0. The van der Waals surface area contributed by atoms with Crippen molar-refractivity contribution < 1.29 is 23.8 Å². The summed E-state index contributed by atoms with van der Waals surface area (Å²) in [5.74, 6) is -1.14. The Morgan fingerprint density at radius 2 is 1.65 bits per heavy atom. The smallest absolute Gasteiger partial charge is 0.342 e. The summed E-state index contributed by atoms with van der Waals surface area (Å²) in [6, 6.07) is 18.1. The normalized spacial score (nSPS) is 20.7. The van der Waals surface area contributed by atoms with Crippen LogP contribution < -0.4 is 11.2 Å². The van der Waals surface area contributed by atoms with Crippen LogP contribution in [0, 0.1) is 0 Å². The first kappa shape index (κ1) is 22.9. The minimum Gasteiger partial charge on any atom is -0.459 e. The van der Waals surface area contributed by atoms with Gasteiger partial charge >= 0.3 is 17.6 Å². The highest BCUT2D eigenvalue weighted by molar-refractivity contribution is 5.90. The predicted molar refractivity (Wildman–Crippen MR) is 121 cm³/mol. The molecule has 174 valence electrons. The molecule has 1 aliphatic heterocycles. The fourth-order valence-electron chi connectivity index (χ4n) is 3.71. The standard InChI is InChI=1S/C25H22N2O7/c1-25(27-13-12-21(28)26-24(27)31)16-34-20(15-33-23(30)18-10-6-3-7-11-18)19(25)14-32-22(29)17-8-4-2-5-9-17/h2-14,20H,15-16H2,1H3,(H,26,28,31). The Kier molecular flexibility index (Phi) is 6.55. The van der Waals surface area contributed by atoms with Crippen molar-refractivity contribution in [2.75, 3.05) is 13.2 Å². The lowest BCUT2D eigenvalue weighted by Gasteiger charge is -2.27. The van der Waals surface area contributed by atoms with E-state index in [2.05, 4.69) is 4.98 Å². The van der Waals surface area contributed by atoms with Gasteiger partial charge < -0.3 is 14.2 Å². The zero-order valence-corrected chi connectivity index (χ0v) is 18.3. The lowest BCUT2D eigenvalue weighted by molar-refractivity contribution is 0.0192. The average Bonchev–Trinajstić information content (AvgIpc) is 3.17. The number of hydrogen-bond donors (Lipinski definition) is 1. The second kappa shape index (κ2) is 9.72. The summed E-state index contributed by atoms with van der Waals surface area (Å²) < 4.78 is 18.0. The largest absolute Gasteiger partial charge is 0.459 e. The molecule has 4 rings (SSSR count). The average molecular weight is 462 g/mol. The van der Waals surface area contributed by atoms with Crippen LogP contribution in [0.3, 0.4) is 0 Å². The number of benzene rings is 2. The summed E-state index contributed by atoms with van der Waals surface area (Å²) in [4.78, 5) is 51.2. The van der Waals surface area contributed by atoms with Crippen LogP contribution in [0.15, 0.2) is 94.4 Å². The molecule has 0 radical (unpaired) electrons. The zero-order valence-electron chi connectivity index (χ0n) is 18.3. The number of rotatable bonds is 6. The Labute approximate surface area is 194 Å². The van der Waals surface area contributed by atoms with Crippen LogP contribution in [0.4, 0.5) is 0 Å². The summed E-state index contributed by atoms with van der Waals surface area (Å²) >= 11 is 0. The Balaban J connectivity index is 1.62. The van der Waals surface area contributed by atoms with Crippen LogP contribution in [0.1, 0.15) is 27.6 Å². The molecule has 9 heteroatoms. The van der Waals surface area contributed by atoms with E-state index in [0.717, 1.165) is 0 Å². The maximum Gasteiger partial charge on any atom is 0.342 e. The van der Waals surface area contributed by atoms with E-state index in [9.17, 15) is 19.2 Å². The van der Waals surface area contributed by atoms with Gasteiger partial charge in [-0.1, -0.05) is 36.4 Å². The Hall–Kier alpha value is -4.24. The molecule has 2 atom stereocenters. The Morgan fingerprint density at radius 1 is 1.03 bits per heavy atom. The summed E-state index contributed by atoms with van der Waals surface area (Å²) in [6.07, 6.45) is 1.77. The van der Waals surface area contributed by atoms with Crippen molar-refractivity contribution in [3.63, 3.8) is 0 Å². The van der Waals surface area contributed by atoms with Gasteiger partial charge in [-0.2, -0.15) is 0 Å². The third-order valence-corrected chi connectivity index (χ3v) is 5.57. The number of hydrogen-bond acceptors (Lipinski definition) is 7. The van der Waals surface area contributed by atoms with Gasteiger partial charge in [0.2, 0.25) is 0 Å². The van der Waals surface area contributed by atoms with Gasteiger partial charge in [0.05, 0.1) is 29.5 Å². The van der Waals surface area contributed by atoms with Crippen LogP contribution in [0.5, 0.6) is 0 Å². The highest BCUT2D eigenvalue weighted by Gasteiger charge is 2.45. The number of aromatic nitrogens is 2. The van der Waals surface area contributed by atoms with Gasteiger partial charge in [0.25, 0.3) is 5.56 Å². The van der Waals surface area contributed by atoms with Gasteiger partial charge in [-0.05, 0) is 31.2 Å². The summed E-state index contributed by atoms with van der Waals surface area (Å²) in [5.41, 5.74) is -1.19. The molecular formula is C25H22N2O7. The van der Waals surface area contributed by atoms with E-state index in [1.165, 1.54) is 23.1 Å². The molecule has 0 bridgehead atoms. The zero-order chi connectivity index (χ0) is 24.1. The van der Waals surface area contributed by atoms with Gasteiger partial charge in [-0.25, -0.2) is 14.4 Å². The van der Waals surface area contributed by atoms with Crippen molar-refractivity contribution in [2.45, 2.75) is 18.6 Å². The lowest BCUT2D eigenvalue weighted by Crippen LogP contribution is -2.44. The topological polar surface area (TPSA) is 117 Å². The molecule has 1 aliphatic rings. The fourth-order valence-corrected chi connectivity index (χ4v) is 3.71. The van der Waals surface area contributed by atoms with Crippen LogP contribution in [0.25, 0.3) is 0 Å². The molecule has 9 nitrogen and oxygen atoms in total. The minimum atomic E-state index is -1.11. The van der Waals surface area contributed by atoms with Crippen LogP contribution in [-0.2, 0) is 19.7 Å². The molecule has 2 aromatic carbocycles. The number of carbonyl (C=O) groups is 2. The van der Waals surface area contributed by atoms with Gasteiger partial charge in [0.1, 0.15) is 12.7 Å². The van der Waals surface area contributed by atoms with Gasteiger partial charge in [0, 0.05) is 17.8 Å². The van der Waals surface area contributed by atoms with Crippen molar-refractivity contribution in [1.29, 1.82) is 0 Å². The van der Waals surface area contributed by atoms with Crippen molar-refractivity contribution in [1.82, 2.24) is 9.55 Å². The van der Waals surface area contributed by atoms with E-state index < -0.39 is 34.8 Å². The number of nitrogens with one attached hydrogen (secondary N) is 1. The molecule has 0 aliphatic carbocycles. The molecule has 0 saturated carbocycles. The molecule has 1 saturated heterocycles. The van der Waals surface area contributed by atoms with Crippen LogP contribution >= 0.6 is 0 Å². The first-order chi connectivity index (χ1) is 16.4. The molecular weight excluding hydrogens is 440 g/mol. The van der Waals surface area contributed by atoms with Crippen molar-refractivity contribution in [3.8, 4) is 0 Å². The summed E-state index contributed by atoms with van der Waals surface area (Å²) in [7, 11) is 0. The SMILES string of the molecule is CC1(n2ccc(=O)[nH]c2=O)COC(COC(=O)c2ccccc2)C1=COC(=O)c1ccccc1.